The first-order chi connectivity index (χ1) is 3.84. The molecule has 0 radical (unpaired) electrons. The van der Waals surface area contributed by atoms with Crippen LogP contribution in [0.5, 0.6) is 0 Å². The summed E-state index contributed by atoms with van der Waals surface area (Å²) in [5.41, 5.74) is 0. The molecule has 1 nitrogen and oxygen atoms in total. The molecule has 2 atom stereocenters. The molecule has 0 amide bonds. The molecule has 1 fully saturated rings. The van der Waals surface area contributed by atoms with Crippen molar-refractivity contribution < 1.29 is 4.74 Å². The molecule has 2 heteroatoms. The van der Waals surface area contributed by atoms with E-state index in [4.69, 9.17) is 4.74 Å². The van der Waals surface area contributed by atoms with Crippen LogP contribution in [0.4, 0.5) is 0 Å². The number of rotatable bonds is 1. The monoisotopic (exact) mass is 226 g/mol. The summed E-state index contributed by atoms with van der Waals surface area (Å²) in [6.07, 6.45) is 4.52. The molecule has 1 saturated carbocycles. The Morgan fingerprint density at radius 2 is 2.25 bits per heavy atom. The van der Waals surface area contributed by atoms with Crippen molar-refractivity contribution in [3.63, 3.8) is 0 Å². The van der Waals surface area contributed by atoms with Gasteiger partial charge in [-0.05, 0) is 19.3 Å². The minimum Gasteiger partial charge on any atom is -0.380 e. The van der Waals surface area contributed by atoms with Crippen molar-refractivity contribution in [2.45, 2.75) is 29.3 Å². The van der Waals surface area contributed by atoms with Crippen LogP contribution in [-0.4, -0.2) is 17.1 Å². The smallest absolute Gasteiger partial charge is 0.0688 e. The second kappa shape index (κ2) is 3.01. The summed E-state index contributed by atoms with van der Waals surface area (Å²) < 4.78 is 5.99. The van der Waals surface area contributed by atoms with Gasteiger partial charge in [0.05, 0.1) is 6.10 Å². The van der Waals surface area contributed by atoms with Gasteiger partial charge >= 0.3 is 0 Å². The summed E-state index contributed by atoms with van der Waals surface area (Å²) in [5, 5.41) is 0. The van der Waals surface area contributed by atoms with Gasteiger partial charge < -0.3 is 4.74 Å². The topological polar surface area (TPSA) is 9.23 Å². The quantitative estimate of drug-likeness (QED) is 0.490. The minimum absolute atomic E-state index is 0.551. The first-order valence-electron chi connectivity index (χ1n) is 3.01. The third-order valence-corrected chi connectivity index (χ3v) is 3.10. The fourth-order valence-corrected chi connectivity index (χ4v) is 2.24. The zero-order chi connectivity index (χ0) is 5.98. The van der Waals surface area contributed by atoms with Crippen LogP contribution in [0.15, 0.2) is 0 Å². The number of hydrogen-bond donors (Lipinski definition) is 0. The van der Waals surface area contributed by atoms with Crippen molar-refractivity contribution in [2.24, 2.45) is 0 Å². The molecule has 0 N–H and O–H groups in total. The summed E-state index contributed by atoms with van der Waals surface area (Å²) in [5.74, 6) is 0. The van der Waals surface area contributed by atoms with Crippen molar-refractivity contribution >= 4 is 22.6 Å². The van der Waals surface area contributed by atoms with Crippen molar-refractivity contribution in [3.05, 3.63) is 0 Å². The van der Waals surface area contributed by atoms with Gasteiger partial charge in [0.2, 0.25) is 0 Å². The van der Waals surface area contributed by atoms with E-state index in [0.29, 0.717) is 6.10 Å². The molecule has 0 unspecified atom stereocenters. The number of hydrogen-bond acceptors (Lipinski definition) is 1. The average Bonchev–Trinajstić information content (AvgIpc) is 2.14. The Balaban J connectivity index is 2.30. The maximum Gasteiger partial charge on any atom is 0.0688 e. The standard InChI is InChI=1S/C6H11IO/c1-8-6-4-2-3-5(6)7/h5-6H,2-4H2,1H3/t5-,6-/m0/s1. The molecular formula is C6H11IO. The average molecular weight is 226 g/mol. The molecule has 0 spiro atoms. The van der Waals surface area contributed by atoms with Crippen LogP contribution >= 0.6 is 22.6 Å². The third-order valence-electron chi connectivity index (χ3n) is 1.67. The second-order valence-corrected chi connectivity index (χ2v) is 3.82. The highest BCUT2D eigenvalue weighted by Crippen LogP contribution is 2.27. The number of ether oxygens (including phenoxy) is 1. The molecule has 0 saturated heterocycles. The van der Waals surface area contributed by atoms with Crippen LogP contribution in [0.3, 0.4) is 0 Å². The fourth-order valence-electron chi connectivity index (χ4n) is 1.15. The Kier molecular flexibility index (Phi) is 2.56. The second-order valence-electron chi connectivity index (χ2n) is 2.22. The summed E-state index contributed by atoms with van der Waals surface area (Å²) in [7, 11) is 1.81. The maximum atomic E-state index is 5.22. The largest absolute Gasteiger partial charge is 0.380 e. The lowest BCUT2D eigenvalue weighted by Gasteiger charge is -2.09. The SMILES string of the molecule is CO[C@H]1CCC[C@@H]1I. The molecule has 0 bridgehead atoms. The van der Waals surface area contributed by atoms with Crippen LogP contribution in [0, 0.1) is 0 Å². The Labute approximate surface area is 63.9 Å². The van der Waals surface area contributed by atoms with Gasteiger partial charge in [-0.25, -0.2) is 0 Å². The first kappa shape index (κ1) is 6.81. The summed E-state index contributed by atoms with van der Waals surface area (Å²) in [4.78, 5) is 0. The number of alkyl halides is 1. The Morgan fingerprint density at radius 3 is 2.50 bits per heavy atom. The van der Waals surface area contributed by atoms with Gasteiger partial charge in [-0.3, -0.25) is 0 Å². The molecule has 1 rings (SSSR count). The van der Waals surface area contributed by atoms with Gasteiger partial charge in [-0.2, -0.15) is 0 Å². The maximum absolute atomic E-state index is 5.22. The molecule has 0 aliphatic heterocycles. The highest BCUT2D eigenvalue weighted by Gasteiger charge is 2.23. The lowest BCUT2D eigenvalue weighted by Crippen LogP contribution is -2.14. The van der Waals surface area contributed by atoms with Gasteiger partial charge in [-0.15, -0.1) is 0 Å². The highest BCUT2D eigenvalue weighted by atomic mass is 127. The van der Waals surface area contributed by atoms with Crippen molar-refractivity contribution in [3.8, 4) is 0 Å². The van der Waals surface area contributed by atoms with Gasteiger partial charge in [-0.1, -0.05) is 22.6 Å². The molecular weight excluding hydrogens is 215 g/mol. The first-order valence-corrected chi connectivity index (χ1v) is 4.26. The van der Waals surface area contributed by atoms with Crippen LogP contribution < -0.4 is 0 Å². The van der Waals surface area contributed by atoms with E-state index in [-0.39, 0.29) is 0 Å². The van der Waals surface area contributed by atoms with Crippen LogP contribution in [0.25, 0.3) is 0 Å². The normalized spacial score (nSPS) is 38.2. The van der Waals surface area contributed by atoms with Gasteiger partial charge in [0.25, 0.3) is 0 Å². The molecule has 48 valence electrons. The highest BCUT2D eigenvalue weighted by molar-refractivity contribution is 14.1. The molecule has 8 heavy (non-hydrogen) atoms. The van der Waals surface area contributed by atoms with Gasteiger partial charge in [0.1, 0.15) is 0 Å². The van der Waals surface area contributed by atoms with E-state index in [2.05, 4.69) is 22.6 Å². The molecule has 0 aromatic heterocycles. The Bertz CT molecular complexity index is 74.9. The Hall–Kier alpha value is 0.690. The summed E-state index contributed by atoms with van der Waals surface area (Å²) in [6, 6.07) is 0. The number of methoxy groups -OCH3 is 1. The lowest BCUT2D eigenvalue weighted by atomic mass is 10.3. The third kappa shape index (κ3) is 1.35. The van der Waals surface area contributed by atoms with E-state index in [0.717, 1.165) is 3.92 Å². The minimum atomic E-state index is 0.551. The Morgan fingerprint density at radius 1 is 1.50 bits per heavy atom. The molecule has 0 heterocycles. The van der Waals surface area contributed by atoms with Crippen molar-refractivity contribution in [2.75, 3.05) is 7.11 Å². The van der Waals surface area contributed by atoms with Gasteiger partial charge in [0, 0.05) is 11.0 Å². The van der Waals surface area contributed by atoms with E-state index in [9.17, 15) is 0 Å². The number of halogens is 1. The molecule has 0 aromatic rings. The zero-order valence-electron chi connectivity index (χ0n) is 5.06. The predicted octanol–water partition coefficient (Wildman–Crippen LogP) is 1.99. The summed E-state index contributed by atoms with van der Waals surface area (Å²) in [6.45, 7) is 0. The van der Waals surface area contributed by atoms with E-state index < -0.39 is 0 Å². The zero-order valence-corrected chi connectivity index (χ0v) is 7.22. The van der Waals surface area contributed by atoms with Crippen LogP contribution in [0.1, 0.15) is 19.3 Å². The fraction of sp³-hybridized carbons (Fsp3) is 1.00. The van der Waals surface area contributed by atoms with Crippen LogP contribution in [-0.2, 0) is 4.74 Å². The lowest BCUT2D eigenvalue weighted by molar-refractivity contribution is 0.116. The predicted molar refractivity (Wildman–Crippen MR) is 42.5 cm³/mol. The van der Waals surface area contributed by atoms with E-state index >= 15 is 0 Å². The van der Waals surface area contributed by atoms with Gasteiger partial charge in [0.15, 0.2) is 0 Å². The van der Waals surface area contributed by atoms with Crippen molar-refractivity contribution in [1.82, 2.24) is 0 Å². The van der Waals surface area contributed by atoms with E-state index in [1.54, 1.807) is 0 Å². The van der Waals surface area contributed by atoms with Crippen molar-refractivity contribution in [1.29, 1.82) is 0 Å². The van der Waals surface area contributed by atoms with Crippen LogP contribution in [0.2, 0.25) is 0 Å². The summed E-state index contributed by atoms with van der Waals surface area (Å²) >= 11 is 2.47. The van der Waals surface area contributed by atoms with E-state index in [1.165, 1.54) is 19.3 Å². The molecule has 1 aliphatic carbocycles. The molecule has 0 aromatic carbocycles. The van der Waals surface area contributed by atoms with E-state index in [1.807, 2.05) is 7.11 Å². The molecule has 1 aliphatic rings.